The third kappa shape index (κ3) is 3.73. The molecular formula is C23H28N4O3. The summed E-state index contributed by atoms with van der Waals surface area (Å²) in [6, 6.07) is 5.72. The Labute approximate surface area is 176 Å². The summed E-state index contributed by atoms with van der Waals surface area (Å²) in [5, 5.41) is 21.7. The first-order valence-electron chi connectivity index (χ1n) is 10.5. The number of carbonyl (C=O) groups excluding carboxylic acids is 2. The van der Waals surface area contributed by atoms with Crippen molar-refractivity contribution in [1.82, 2.24) is 15.7 Å². The van der Waals surface area contributed by atoms with Crippen molar-refractivity contribution in [2.24, 2.45) is 11.3 Å². The molecule has 2 unspecified atom stereocenters. The highest BCUT2D eigenvalue weighted by atomic mass is 16.5. The first-order valence-corrected chi connectivity index (χ1v) is 10.5. The Balaban J connectivity index is 1.48. The maximum Gasteiger partial charge on any atom is 0.248 e. The molecule has 4 rings (SSSR count). The van der Waals surface area contributed by atoms with E-state index in [9.17, 15) is 14.9 Å². The zero-order chi connectivity index (χ0) is 21.5. The Bertz CT molecular complexity index is 935. The number of nitriles is 1. The smallest absolute Gasteiger partial charge is 0.248 e. The first kappa shape index (κ1) is 20.6. The number of piperidine rings is 1. The van der Waals surface area contributed by atoms with Crippen LogP contribution in [-0.2, 0) is 9.59 Å². The summed E-state index contributed by atoms with van der Waals surface area (Å²) < 4.78 is 0. The van der Waals surface area contributed by atoms with Gasteiger partial charge >= 0.3 is 0 Å². The summed E-state index contributed by atoms with van der Waals surface area (Å²) in [6.45, 7) is 5.71. The van der Waals surface area contributed by atoms with Crippen molar-refractivity contribution in [1.29, 1.82) is 5.26 Å². The van der Waals surface area contributed by atoms with E-state index in [1.807, 2.05) is 26.0 Å². The minimum atomic E-state index is -0.599. The second-order valence-corrected chi connectivity index (χ2v) is 9.01. The van der Waals surface area contributed by atoms with Crippen molar-refractivity contribution in [3.63, 3.8) is 0 Å². The summed E-state index contributed by atoms with van der Waals surface area (Å²) in [6.07, 6.45) is 5.56. The summed E-state index contributed by atoms with van der Waals surface area (Å²) in [5.74, 6) is -1.11. The Morgan fingerprint density at radius 3 is 2.53 bits per heavy atom. The number of carbonyl (C=O) groups is 2. The third-order valence-electron chi connectivity index (χ3n) is 6.96. The van der Waals surface area contributed by atoms with Gasteiger partial charge in [-0.3, -0.25) is 14.8 Å². The molecule has 7 heteroatoms. The molecule has 3 N–H and O–H groups in total. The molecule has 1 saturated carbocycles. The number of rotatable bonds is 3. The van der Waals surface area contributed by atoms with Gasteiger partial charge in [-0.1, -0.05) is 18.2 Å². The number of hydrogen-bond donors (Lipinski definition) is 3. The van der Waals surface area contributed by atoms with Gasteiger partial charge in [0, 0.05) is 19.6 Å². The summed E-state index contributed by atoms with van der Waals surface area (Å²) in [4.78, 5) is 27.2. The van der Waals surface area contributed by atoms with Gasteiger partial charge in [0.2, 0.25) is 11.8 Å². The van der Waals surface area contributed by atoms with Crippen LogP contribution in [0.5, 0.6) is 0 Å². The minimum absolute atomic E-state index is 0.0819. The molecule has 1 aliphatic carbocycles. The predicted octanol–water partition coefficient (Wildman–Crippen LogP) is 2.05. The second kappa shape index (κ2) is 7.86. The van der Waals surface area contributed by atoms with Crippen LogP contribution in [0, 0.1) is 36.5 Å². The molecule has 2 amide bonds. The van der Waals surface area contributed by atoms with Crippen molar-refractivity contribution in [3.8, 4) is 6.07 Å². The summed E-state index contributed by atoms with van der Waals surface area (Å²) in [5.41, 5.74) is 6.79. The molecule has 0 radical (unpaired) electrons. The van der Waals surface area contributed by atoms with Crippen molar-refractivity contribution < 1.29 is 14.8 Å². The first-order chi connectivity index (χ1) is 14.4. The average Bonchev–Trinajstić information content (AvgIpc) is 3.51. The van der Waals surface area contributed by atoms with Gasteiger partial charge in [-0.05, 0) is 67.2 Å². The van der Waals surface area contributed by atoms with Crippen LogP contribution in [0.1, 0.15) is 47.9 Å². The van der Waals surface area contributed by atoms with E-state index in [0.717, 1.165) is 48.1 Å². The predicted molar refractivity (Wildman–Crippen MR) is 111 cm³/mol. The normalized spacial score (nSPS) is 24.7. The molecule has 1 saturated heterocycles. The topological polar surface area (TPSA) is 105 Å². The van der Waals surface area contributed by atoms with Gasteiger partial charge in [0.15, 0.2) is 0 Å². The zero-order valence-corrected chi connectivity index (χ0v) is 17.5. The monoisotopic (exact) mass is 408 g/mol. The molecule has 2 fully saturated rings. The molecule has 1 aromatic rings. The fourth-order valence-electron chi connectivity index (χ4n) is 4.92. The van der Waals surface area contributed by atoms with Crippen molar-refractivity contribution in [2.45, 2.75) is 45.6 Å². The van der Waals surface area contributed by atoms with E-state index < -0.39 is 17.9 Å². The van der Waals surface area contributed by atoms with Gasteiger partial charge < -0.3 is 10.2 Å². The average molecular weight is 409 g/mol. The SMILES string of the molecule is Cc1cc(C2=CCN(C(=O)C3NCC4(CC4)CC3C(=O)NO)CC2)cc(C)c1C#N. The molecule has 30 heavy (non-hydrogen) atoms. The van der Waals surface area contributed by atoms with Crippen LogP contribution in [-0.4, -0.2) is 47.6 Å². The summed E-state index contributed by atoms with van der Waals surface area (Å²) in [7, 11) is 0. The van der Waals surface area contributed by atoms with Crippen LogP contribution in [0.4, 0.5) is 0 Å². The third-order valence-corrected chi connectivity index (χ3v) is 6.96. The lowest BCUT2D eigenvalue weighted by molar-refractivity contribution is -0.144. The van der Waals surface area contributed by atoms with Gasteiger partial charge in [0.1, 0.15) is 0 Å². The highest BCUT2D eigenvalue weighted by molar-refractivity contribution is 5.90. The fourth-order valence-corrected chi connectivity index (χ4v) is 4.92. The Morgan fingerprint density at radius 2 is 2.00 bits per heavy atom. The highest BCUT2D eigenvalue weighted by Crippen LogP contribution is 2.52. The van der Waals surface area contributed by atoms with Gasteiger partial charge in [0.25, 0.3) is 0 Å². The van der Waals surface area contributed by atoms with Gasteiger partial charge in [-0.15, -0.1) is 0 Å². The number of nitrogens with one attached hydrogen (secondary N) is 2. The van der Waals surface area contributed by atoms with E-state index in [2.05, 4.69) is 17.5 Å². The van der Waals surface area contributed by atoms with Crippen LogP contribution in [0.25, 0.3) is 5.57 Å². The minimum Gasteiger partial charge on any atom is -0.337 e. The van der Waals surface area contributed by atoms with E-state index in [1.165, 1.54) is 5.57 Å². The van der Waals surface area contributed by atoms with Crippen LogP contribution in [0.15, 0.2) is 18.2 Å². The van der Waals surface area contributed by atoms with Crippen LogP contribution in [0.3, 0.4) is 0 Å². The second-order valence-electron chi connectivity index (χ2n) is 9.01. The molecule has 158 valence electrons. The number of hydrogen-bond acceptors (Lipinski definition) is 5. The van der Waals surface area contributed by atoms with E-state index >= 15 is 0 Å². The number of hydroxylamine groups is 1. The maximum atomic E-state index is 13.2. The molecule has 7 nitrogen and oxygen atoms in total. The molecule has 0 bridgehead atoms. The lowest BCUT2D eigenvalue weighted by atomic mass is 9.81. The molecule has 2 heterocycles. The Morgan fingerprint density at radius 1 is 1.30 bits per heavy atom. The van der Waals surface area contributed by atoms with E-state index in [-0.39, 0.29) is 11.3 Å². The Hall–Kier alpha value is -2.69. The zero-order valence-electron chi connectivity index (χ0n) is 17.5. The largest absolute Gasteiger partial charge is 0.337 e. The standard InChI is InChI=1S/C23H28N4O3/c1-14-9-17(10-15(2)19(14)12-24)16-3-7-27(8-4-16)22(29)20-18(21(28)26-30)11-23(5-6-23)13-25-20/h3,9-10,18,20,25,30H,4-8,11,13H2,1-2H3,(H,26,28). The van der Waals surface area contributed by atoms with Crippen LogP contribution < -0.4 is 10.8 Å². The lowest BCUT2D eigenvalue weighted by Crippen LogP contribution is -2.59. The van der Waals surface area contributed by atoms with E-state index in [0.29, 0.717) is 19.5 Å². The lowest BCUT2D eigenvalue weighted by Gasteiger charge is -2.38. The van der Waals surface area contributed by atoms with E-state index in [1.54, 1.807) is 10.4 Å². The quantitative estimate of drug-likeness (QED) is 0.524. The van der Waals surface area contributed by atoms with Crippen molar-refractivity contribution >= 4 is 17.4 Å². The van der Waals surface area contributed by atoms with Crippen LogP contribution in [0.2, 0.25) is 0 Å². The van der Waals surface area contributed by atoms with Gasteiger partial charge in [-0.2, -0.15) is 5.26 Å². The Kier molecular flexibility index (Phi) is 5.39. The van der Waals surface area contributed by atoms with E-state index in [4.69, 9.17) is 5.21 Å². The molecule has 2 aliphatic heterocycles. The van der Waals surface area contributed by atoms with Crippen LogP contribution >= 0.6 is 0 Å². The molecule has 1 aromatic carbocycles. The van der Waals surface area contributed by atoms with Gasteiger partial charge in [0.05, 0.1) is 23.6 Å². The molecular weight excluding hydrogens is 380 g/mol. The number of nitrogens with zero attached hydrogens (tertiary/aromatic N) is 2. The number of aryl methyl sites for hydroxylation is 2. The number of amides is 2. The fraction of sp³-hybridized carbons (Fsp3) is 0.522. The highest BCUT2D eigenvalue weighted by Gasteiger charge is 2.52. The molecule has 3 aliphatic rings. The van der Waals surface area contributed by atoms with Crippen molar-refractivity contribution in [2.75, 3.05) is 19.6 Å². The number of benzene rings is 1. The maximum absolute atomic E-state index is 13.2. The molecule has 0 aromatic heterocycles. The molecule has 1 spiro atoms. The summed E-state index contributed by atoms with van der Waals surface area (Å²) >= 11 is 0. The molecule has 2 atom stereocenters. The van der Waals surface area contributed by atoms with Crippen molar-refractivity contribution in [3.05, 3.63) is 40.5 Å². The van der Waals surface area contributed by atoms with Gasteiger partial charge in [-0.25, -0.2) is 5.48 Å².